The molecule has 34 heavy (non-hydrogen) atoms. The van der Waals surface area contributed by atoms with Gasteiger partial charge in [-0.2, -0.15) is 5.10 Å². The van der Waals surface area contributed by atoms with Crippen molar-refractivity contribution in [2.75, 3.05) is 13.7 Å². The third-order valence-corrected chi connectivity index (χ3v) is 6.28. The van der Waals surface area contributed by atoms with E-state index in [4.69, 9.17) is 25.8 Å². The molecule has 1 N–H and O–H groups in total. The highest BCUT2D eigenvalue weighted by Gasteiger charge is 2.20. The fourth-order valence-corrected chi connectivity index (χ4v) is 4.40. The molecule has 9 heteroatoms. The second-order valence-corrected chi connectivity index (χ2v) is 8.37. The molecule has 172 valence electrons. The molecular weight excluding hydrogens is 476 g/mol. The molecule has 0 unspecified atom stereocenters. The maximum atomic E-state index is 12.7. The van der Waals surface area contributed by atoms with Crippen molar-refractivity contribution in [2.24, 2.45) is 5.10 Å². The van der Waals surface area contributed by atoms with E-state index >= 15 is 0 Å². The summed E-state index contributed by atoms with van der Waals surface area (Å²) in [4.78, 5) is 24.9. The average molecular weight is 495 g/mol. The van der Waals surface area contributed by atoms with E-state index in [2.05, 4.69) is 10.5 Å². The SMILES string of the molecule is COc1cc(C=NNC(=O)COc2ccccc2)ccc1OC(=O)c1sc2ccccc2c1Cl. The lowest BCUT2D eigenvalue weighted by molar-refractivity contribution is -0.123. The van der Waals surface area contributed by atoms with Gasteiger partial charge in [0.25, 0.3) is 5.91 Å². The third-order valence-electron chi connectivity index (χ3n) is 4.63. The number of amides is 1. The standard InChI is InChI=1S/C25H19ClN2O5S/c1-31-20-13-16(14-27-28-22(29)15-32-17-7-3-2-4-8-17)11-12-19(20)33-25(30)24-23(26)18-9-5-6-10-21(18)34-24/h2-14H,15H2,1H3,(H,28,29). The summed E-state index contributed by atoms with van der Waals surface area (Å²) in [6.07, 6.45) is 1.44. The van der Waals surface area contributed by atoms with Crippen LogP contribution in [0.4, 0.5) is 0 Å². The van der Waals surface area contributed by atoms with Crippen LogP contribution in [0.1, 0.15) is 15.2 Å². The minimum Gasteiger partial charge on any atom is -0.493 e. The number of esters is 1. The van der Waals surface area contributed by atoms with Crippen molar-refractivity contribution in [3.8, 4) is 17.2 Å². The molecule has 1 heterocycles. The number of fused-ring (bicyclic) bond motifs is 1. The van der Waals surface area contributed by atoms with Crippen LogP contribution in [0.15, 0.2) is 77.9 Å². The summed E-state index contributed by atoms with van der Waals surface area (Å²) in [5, 5.41) is 5.08. The first kappa shape index (κ1) is 23.3. The first-order valence-electron chi connectivity index (χ1n) is 10.1. The lowest BCUT2D eigenvalue weighted by Gasteiger charge is -2.09. The van der Waals surface area contributed by atoms with Gasteiger partial charge in [-0.15, -0.1) is 11.3 Å². The summed E-state index contributed by atoms with van der Waals surface area (Å²) in [6.45, 7) is -0.167. The minimum atomic E-state index is -0.573. The second kappa shape index (κ2) is 10.8. The number of nitrogens with zero attached hydrogens (tertiary/aromatic N) is 1. The zero-order chi connectivity index (χ0) is 23.9. The summed E-state index contributed by atoms with van der Waals surface area (Å²) in [5.41, 5.74) is 3.02. The Hall–Kier alpha value is -3.88. The van der Waals surface area contributed by atoms with E-state index in [0.717, 1.165) is 10.1 Å². The number of carbonyl (C=O) groups is 2. The zero-order valence-corrected chi connectivity index (χ0v) is 19.6. The molecule has 4 aromatic rings. The lowest BCUT2D eigenvalue weighted by atomic mass is 10.2. The molecule has 0 saturated heterocycles. The number of ether oxygens (including phenoxy) is 3. The van der Waals surface area contributed by atoms with Crippen molar-refractivity contribution >= 4 is 51.1 Å². The molecule has 0 spiro atoms. The van der Waals surface area contributed by atoms with Crippen LogP contribution in [0.2, 0.25) is 5.02 Å². The van der Waals surface area contributed by atoms with Gasteiger partial charge in [0.2, 0.25) is 0 Å². The van der Waals surface area contributed by atoms with E-state index in [-0.39, 0.29) is 12.4 Å². The molecule has 0 aliphatic rings. The number of benzene rings is 3. The quantitative estimate of drug-likeness (QED) is 0.155. The van der Waals surface area contributed by atoms with Crippen LogP contribution in [0.3, 0.4) is 0 Å². The van der Waals surface area contributed by atoms with Gasteiger partial charge >= 0.3 is 5.97 Å². The third kappa shape index (κ3) is 5.54. The van der Waals surface area contributed by atoms with Crippen molar-refractivity contribution in [1.29, 1.82) is 0 Å². The Morgan fingerprint density at radius 3 is 2.56 bits per heavy atom. The van der Waals surface area contributed by atoms with Gasteiger partial charge in [0.15, 0.2) is 18.1 Å². The molecule has 0 atom stereocenters. The lowest BCUT2D eigenvalue weighted by Crippen LogP contribution is -2.24. The number of nitrogens with one attached hydrogen (secondary N) is 1. The molecular formula is C25H19ClN2O5S. The van der Waals surface area contributed by atoms with Crippen molar-refractivity contribution in [3.63, 3.8) is 0 Å². The van der Waals surface area contributed by atoms with Crippen molar-refractivity contribution < 1.29 is 23.8 Å². The topological polar surface area (TPSA) is 86.2 Å². The Balaban J connectivity index is 1.38. The number of hydrogen-bond donors (Lipinski definition) is 1. The van der Waals surface area contributed by atoms with Crippen LogP contribution in [-0.4, -0.2) is 31.8 Å². The Kier molecular flexibility index (Phi) is 7.41. The largest absolute Gasteiger partial charge is 0.493 e. The zero-order valence-electron chi connectivity index (χ0n) is 18.0. The van der Waals surface area contributed by atoms with Gasteiger partial charge in [-0.1, -0.05) is 48.0 Å². The molecule has 0 fully saturated rings. The molecule has 3 aromatic carbocycles. The number of hydrazone groups is 1. The summed E-state index contributed by atoms with van der Waals surface area (Å²) in [5.74, 6) is 0.176. The number of rotatable bonds is 8. The second-order valence-electron chi connectivity index (χ2n) is 6.94. The van der Waals surface area contributed by atoms with E-state index in [1.165, 1.54) is 24.7 Å². The molecule has 0 aliphatic heterocycles. The highest BCUT2D eigenvalue weighted by atomic mass is 35.5. The van der Waals surface area contributed by atoms with E-state index in [1.807, 2.05) is 42.5 Å². The predicted molar refractivity (Wildman–Crippen MR) is 132 cm³/mol. The average Bonchev–Trinajstić information content (AvgIpc) is 3.21. The van der Waals surface area contributed by atoms with Gasteiger partial charge in [-0.3, -0.25) is 4.79 Å². The van der Waals surface area contributed by atoms with Gasteiger partial charge < -0.3 is 14.2 Å². The highest BCUT2D eigenvalue weighted by Crippen LogP contribution is 2.37. The fourth-order valence-electron chi connectivity index (χ4n) is 3.02. The molecule has 7 nitrogen and oxygen atoms in total. The van der Waals surface area contributed by atoms with Crippen molar-refractivity contribution in [2.45, 2.75) is 0 Å². The van der Waals surface area contributed by atoms with Crippen LogP contribution in [0.25, 0.3) is 10.1 Å². The van der Waals surface area contributed by atoms with Crippen LogP contribution in [0.5, 0.6) is 17.2 Å². The van der Waals surface area contributed by atoms with Crippen LogP contribution >= 0.6 is 22.9 Å². The number of halogens is 1. The molecule has 0 bridgehead atoms. The van der Waals surface area contributed by atoms with Crippen LogP contribution < -0.4 is 19.6 Å². The number of hydrogen-bond acceptors (Lipinski definition) is 7. The first-order chi connectivity index (χ1) is 16.5. The van der Waals surface area contributed by atoms with Gasteiger partial charge in [-0.05, 0) is 42.0 Å². The van der Waals surface area contributed by atoms with Crippen LogP contribution in [-0.2, 0) is 4.79 Å². The maximum absolute atomic E-state index is 12.7. The number of para-hydroxylation sites is 1. The van der Waals surface area contributed by atoms with Gasteiger partial charge in [0.1, 0.15) is 10.6 Å². The van der Waals surface area contributed by atoms with Crippen LogP contribution in [0, 0.1) is 0 Å². The maximum Gasteiger partial charge on any atom is 0.355 e. The minimum absolute atomic E-state index is 0.167. The summed E-state index contributed by atoms with van der Waals surface area (Å²) < 4.78 is 17.1. The summed E-state index contributed by atoms with van der Waals surface area (Å²) in [6, 6.07) is 21.4. The Morgan fingerprint density at radius 2 is 1.79 bits per heavy atom. The summed E-state index contributed by atoms with van der Waals surface area (Å²) >= 11 is 7.64. The Bertz CT molecular complexity index is 1350. The Labute approximate surface area is 204 Å². The van der Waals surface area contributed by atoms with E-state index < -0.39 is 11.9 Å². The molecule has 0 saturated carbocycles. The molecule has 1 aromatic heterocycles. The van der Waals surface area contributed by atoms with Gasteiger partial charge in [-0.25, -0.2) is 10.2 Å². The smallest absolute Gasteiger partial charge is 0.355 e. The number of methoxy groups -OCH3 is 1. The van der Waals surface area contributed by atoms with E-state index in [1.54, 1.807) is 30.3 Å². The highest BCUT2D eigenvalue weighted by molar-refractivity contribution is 7.21. The summed E-state index contributed by atoms with van der Waals surface area (Å²) in [7, 11) is 1.46. The molecule has 0 radical (unpaired) electrons. The fraction of sp³-hybridized carbons (Fsp3) is 0.0800. The van der Waals surface area contributed by atoms with Crippen molar-refractivity contribution in [3.05, 3.63) is 88.3 Å². The first-order valence-corrected chi connectivity index (χ1v) is 11.3. The predicted octanol–water partition coefficient (Wildman–Crippen LogP) is 5.31. The molecule has 1 amide bonds. The normalized spacial score (nSPS) is 10.9. The van der Waals surface area contributed by atoms with E-state index in [0.29, 0.717) is 27.0 Å². The molecule has 4 rings (SSSR count). The van der Waals surface area contributed by atoms with E-state index in [9.17, 15) is 9.59 Å². The number of thiophene rings is 1. The van der Waals surface area contributed by atoms with Gasteiger partial charge in [0, 0.05) is 10.1 Å². The van der Waals surface area contributed by atoms with Gasteiger partial charge in [0.05, 0.1) is 18.3 Å². The molecule has 0 aliphatic carbocycles. The number of carbonyl (C=O) groups excluding carboxylic acids is 2. The monoisotopic (exact) mass is 494 g/mol. The Morgan fingerprint density at radius 1 is 1.03 bits per heavy atom. The van der Waals surface area contributed by atoms with Crippen molar-refractivity contribution in [1.82, 2.24) is 5.43 Å².